The molecular weight excluding hydrogens is 311 g/mol. The van der Waals surface area contributed by atoms with Crippen molar-refractivity contribution in [3.05, 3.63) is 65.4 Å². The van der Waals surface area contributed by atoms with Crippen LogP contribution in [0.4, 0.5) is 4.39 Å². The van der Waals surface area contributed by atoms with E-state index in [1.807, 2.05) is 12.1 Å². The number of aromatic carboxylic acids is 1. The monoisotopic (exact) mass is 324 g/mol. The zero-order valence-electron chi connectivity index (χ0n) is 12.6. The Balaban J connectivity index is 2.07. The fourth-order valence-corrected chi connectivity index (χ4v) is 2.67. The Kier molecular flexibility index (Phi) is 4.17. The molecule has 0 saturated carbocycles. The Morgan fingerprint density at radius 1 is 1.25 bits per heavy atom. The molecule has 1 aromatic heterocycles. The third-order valence-corrected chi connectivity index (χ3v) is 3.71. The van der Waals surface area contributed by atoms with E-state index in [1.54, 1.807) is 47.0 Å². The predicted molar refractivity (Wildman–Crippen MR) is 85.8 cm³/mol. The van der Waals surface area contributed by atoms with Crippen LogP contribution in [0.5, 0.6) is 5.75 Å². The number of nitriles is 1. The zero-order chi connectivity index (χ0) is 17.1. The number of hydrogen-bond acceptors (Lipinski definition) is 3. The molecule has 120 valence electrons. The van der Waals surface area contributed by atoms with Gasteiger partial charge >= 0.3 is 5.97 Å². The zero-order valence-corrected chi connectivity index (χ0v) is 12.6. The number of hydrogen-bond donors (Lipinski definition) is 1. The number of carboxylic acids is 1. The summed E-state index contributed by atoms with van der Waals surface area (Å²) in [5.74, 6) is -0.670. The van der Waals surface area contributed by atoms with E-state index in [0.717, 1.165) is 5.56 Å². The molecule has 3 rings (SSSR count). The maximum atomic E-state index is 12.3. The van der Waals surface area contributed by atoms with Gasteiger partial charge in [0.1, 0.15) is 11.4 Å². The van der Waals surface area contributed by atoms with Crippen LogP contribution >= 0.6 is 0 Å². The summed E-state index contributed by atoms with van der Waals surface area (Å²) in [6.07, 6.45) is 0. The number of benzene rings is 2. The van der Waals surface area contributed by atoms with E-state index >= 15 is 0 Å². The van der Waals surface area contributed by atoms with E-state index < -0.39 is 12.8 Å². The van der Waals surface area contributed by atoms with Crippen LogP contribution in [-0.4, -0.2) is 22.5 Å². The van der Waals surface area contributed by atoms with Crippen LogP contribution in [0.3, 0.4) is 0 Å². The molecule has 0 bridgehead atoms. The standard InChI is InChI=1S/C18H13FN2O3/c19-11-24-15-3-1-2-13(7-15)10-21-16-5-4-12(9-20)6-14(16)8-17(21)18(22)23/h1-8H,10-11H2,(H,22,23). The minimum Gasteiger partial charge on any atom is -0.477 e. The van der Waals surface area contributed by atoms with Gasteiger partial charge in [0.2, 0.25) is 6.86 Å². The van der Waals surface area contributed by atoms with Crippen molar-refractivity contribution in [2.75, 3.05) is 6.86 Å². The van der Waals surface area contributed by atoms with Crippen molar-refractivity contribution in [2.45, 2.75) is 6.54 Å². The maximum Gasteiger partial charge on any atom is 0.352 e. The van der Waals surface area contributed by atoms with Crippen LogP contribution in [0, 0.1) is 11.3 Å². The van der Waals surface area contributed by atoms with E-state index in [2.05, 4.69) is 0 Å². The van der Waals surface area contributed by atoms with Crippen LogP contribution < -0.4 is 4.74 Å². The molecule has 6 heteroatoms. The molecule has 0 saturated heterocycles. The van der Waals surface area contributed by atoms with Gasteiger partial charge in [0.15, 0.2) is 0 Å². The van der Waals surface area contributed by atoms with Crippen molar-refractivity contribution in [1.82, 2.24) is 4.57 Å². The summed E-state index contributed by atoms with van der Waals surface area (Å²) in [5.41, 5.74) is 2.08. The van der Waals surface area contributed by atoms with E-state index in [-0.39, 0.29) is 5.69 Å². The Morgan fingerprint density at radius 2 is 2.08 bits per heavy atom. The second-order valence-electron chi connectivity index (χ2n) is 5.21. The molecule has 0 fully saturated rings. The van der Waals surface area contributed by atoms with Gasteiger partial charge in [-0.3, -0.25) is 0 Å². The second-order valence-corrected chi connectivity index (χ2v) is 5.21. The summed E-state index contributed by atoms with van der Waals surface area (Å²) in [7, 11) is 0. The van der Waals surface area contributed by atoms with E-state index in [1.165, 1.54) is 0 Å². The van der Waals surface area contributed by atoms with Gasteiger partial charge in [0.25, 0.3) is 0 Å². The number of halogens is 1. The molecule has 1 N–H and O–H groups in total. The van der Waals surface area contributed by atoms with Crippen LogP contribution in [0.2, 0.25) is 0 Å². The fourth-order valence-electron chi connectivity index (χ4n) is 2.67. The summed E-state index contributed by atoms with van der Waals surface area (Å²) >= 11 is 0. The molecule has 3 aromatic rings. The molecule has 0 unspecified atom stereocenters. The molecule has 0 spiro atoms. The molecule has 0 atom stereocenters. The summed E-state index contributed by atoms with van der Waals surface area (Å²) in [4.78, 5) is 11.5. The van der Waals surface area contributed by atoms with Crippen LogP contribution in [0.15, 0.2) is 48.5 Å². The fraction of sp³-hybridized carbons (Fsp3) is 0.111. The van der Waals surface area contributed by atoms with Gasteiger partial charge in [-0.1, -0.05) is 12.1 Å². The van der Waals surface area contributed by atoms with Crippen molar-refractivity contribution in [1.29, 1.82) is 5.26 Å². The molecule has 2 aromatic carbocycles. The number of alkyl halides is 1. The van der Waals surface area contributed by atoms with Crippen molar-refractivity contribution < 1.29 is 19.0 Å². The number of fused-ring (bicyclic) bond motifs is 1. The highest BCUT2D eigenvalue weighted by Crippen LogP contribution is 2.24. The number of aromatic nitrogens is 1. The van der Waals surface area contributed by atoms with Gasteiger partial charge in [0, 0.05) is 17.4 Å². The molecule has 0 radical (unpaired) electrons. The van der Waals surface area contributed by atoms with Crippen LogP contribution in [0.1, 0.15) is 21.6 Å². The minimum absolute atomic E-state index is 0.122. The highest BCUT2D eigenvalue weighted by molar-refractivity contribution is 5.95. The molecule has 0 aliphatic rings. The lowest BCUT2D eigenvalue weighted by atomic mass is 10.1. The first-order chi connectivity index (χ1) is 11.6. The average Bonchev–Trinajstić information content (AvgIpc) is 2.93. The van der Waals surface area contributed by atoms with E-state index in [0.29, 0.717) is 28.8 Å². The summed E-state index contributed by atoms with van der Waals surface area (Å²) < 4.78 is 18.8. The molecule has 0 aliphatic carbocycles. The molecule has 0 aliphatic heterocycles. The van der Waals surface area contributed by atoms with Crippen LogP contribution in [0.25, 0.3) is 10.9 Å². The molecule has 5 nitrogen and oxygen atoms in total. The van der Waals surface area contributed by atoms with Crippen molar-refractivity contribution >= 4 is 16.9 Å². The highest BCUT2D eigenvalue weighted by Gasteiger charge is 2.15. The lowest BCUT2D eigenvalue weighted by Gasteiger charge is -2.10. The number of ether oxygens (including phenoxy) is 1. The topological polar surface area (TPSA) is 75.3 Å². The molecule has 24 heavy (non-hydrogen) atoms. The lowest BCUT2D eigenvalue weighted by Crippen LogP contribution is -2.09. The van der Waals surface area contributed by atoms with E-state index in [4.69, 9.17) is 10.00 Å². The predicted octanol–water partition coefficient (Wildman–Crippen LogP) is 3.57. The Labute approximate surface area is 137 Å². The first kappa shape index (κ1) is 15.6. The van der Waals surface area contributed by atoms with Gasteiger partial charge < -0.3 is 14.4 Å². The average molecular weight is 324 g/mol. The lowest BCUT2D eigenvalue weighted by molar-refractivity contribution is 0.0686. The van der Waals surface area contributed by atoms with Crippen LogP contribution in [-0.2, 0) is 6.54 Å². The van der Waals surface area contributed by atoms with Gasteiger partial charge in [0.05, 0.1) is 11.6 Å². The van der Waals surface area contributed by atoms with Gasteiger partial charge in [-0.25, -0.2) is 9.18 Å². The van der Waals surface area contributed by atoms with Crippen molar-refractivity contribution in [3.63, 3.8) is 0 Å². The quantitative estimate of drug-likeness (QED) is 0.778. The van der Waals surface area contributed by atoms with Crippen molar-refractivity contribution in [2.24, 2.45) is 0 Å². The maximum absolute atomic E-state index is 12.3. The van der Waals surface area contributed by atoms with E-state index in [9.17, 15) is 14.3 Å². The minimum atomic E-state index is -1.05. The Hall–Kier alpha value is -3.33. The summed E-state index contributed by atoms with van der Waals surface area (Å²) in [5, 5.41) is 19.1. The Morgan fingerprint density at radius 3 is 2.79 bits per heavy atom. The first-order valence-corrected chi connectivity index (χ1v) is 7.17. The molecular formula is C18H13FN2O3. The van der Waals surface area contributed by atoms with Gasteiger partial charge in [-0.15, -0.1) is 0 Å². The number of carbonyl (C=O) groups is 1. The van der Waals surface area contributed by atoms with Gasteiger partial charge in [-0.05, 0) is 42.0 Å². The number of carboxylic acid groups (broad SMARTS) is 1. The van der Waals surface area contributed by atoms with Gasteiger partial charge in [-0.2, -0.15) is 5.26 Å². The Bertz CT molecular complexity index is 957. The third-order valence-electron chi connectivity index (χ3n) is 3.71. The number of nitrogens with zero attached hydrogens (tertiary/aromatic N) is 2. The smallest absolute Gasteiger partial charge is 0.352 e. The highest BCUT2D eigenvalue weighted by atomic mass is 19.1. The molecule has 0 amide bonds. The third kappa shape index (κ3) is 2.92. The number of rotatable bonds is 5. The summed E-state index contributed by atoms with van der Waals surface area (Å²) in [6, 6.07) is 15.4. The largest absolute Gasteiger partial charge is 0.477 e. The second kappa shape index (κ2) is 6.42. The SMILES string of the molecule is N#Cc1ccc2c(c1)cc(C(=O)O)n2Cc1cccc(OCF)c1. The van der Waals surface area contributed by atoms with Crippen molar-refractivity contribution in [3.8, 4) is 11.8 Å². The normalized spacial score (nSPS) is 10.5. The summed E-state index contributed by atoms with van der Waals surface area (Å²) in [6.45, 7) is -0.631. The first-order valence-electron chi connectivity index (χ1n) is 7.17. The molecule has 1 heterocycles.